The van der Waals surface area contributed by atoms with Crippen LogP contribution in [0.5, 0.6) is 0 Å². The van der Waals surface area contributed by atoms with Crippen LogP contribution in [-0.4, -0.2) is 5.78 Å². The molecule has 1 nitrogen and oxygen atoms in total. The van der Waals surface area contributed by atoms with Crippen molar-refractivity contribution in [1.29, 1.82) is 0 Å². The lowest BCUT2D eigenvalue weighted by Crippen LogP contribution is -2.10. The minimum atomic E-state index is 0.0468. The first-order valence-corrected chi connectivity index (χ1v) is 11.0. The van der Waals surface area contributed by atoms with E-state index in [1.54, 1.807) is 0 Å². The van der Waals surface area contributed by atoms with Gasteiger partial charge in [-0.2, -0.15) is 0 Å². The Morgan fingerprint density at radius 1 is 0.800 bits per heavy atom. The first-order valence-electron chi connectivity index (χ1n) is 11.0. The van der Waals surface area contributed by atoms with Gasteiger partial charge in [0.1, 0.15) is 0 Å². The van der Waals surface area contributed by atoms with Crippen molar-refractivity contribution < 1.29 is 4.79 Å². The van der Waals surface area contributed by atoms with Gasteiger partial charge in [-0.1, -0.05) is 112 Å². The first kappa shape index (κ1) is 20.3. The lowest BCUT2D eigenvalue weighted by molar-refractivity contribution is 0.103. The van der Waals surface area contributed by atoms with E-state index in [1.165, 1.54) is 40.7 Å². The number of fused-ring (bicyclic) bond motifs is 1. The Balaban J connectivity index is 1.77. The number of carbonyl (C=O) groups excluding carboxylic acids is 1. The number of ketones is 1. The molecular weight excluding hydrogens is 364 g/mol. The zero-order valence-corrected chi connectivity index (χ0v) is 18.2. The van der Waals surface area contributed by atoms with Crippen LogP contribution >= 0.6 is 0 Å². The fraction of sp³-hybridized carbons (Fsp3) is 0.276. The molecule has 0 aromatic heterocycles. The molecule has 0 unspecified atom stereocenters. The van der Waals surface area contributed by atoms with Gasteiger partial charge in [-0.3, -0.25) is 4.79 Å². The number of Topliss-reactive ketones (excluding diaryl/α,β-unsaturated/α-hetero) is 1. The number of carbonyl (C=O) groups is 1. The highest BCUT2D eigenvalue weighted by Gasteiger charge is 2.29. The van der Waals surface area contributed by atoms with Crippen LogP contribution in [0.2, 0.25) is 0 Å². The summed E-state index contributed by atoms with van der Waals surface area (Å²) >= 11 is 0. The molecule has 152 valence electrons. The van der Waals surface area contributed by atoms with Crippen molar-refractivity contribution in [3.05, 3.63) is 95.6 Å². The molecule has 3 aromatic rings. The zero-order chi connectivity index (χ0) is 21.1. The second-order valence-corrected chi connectivity index (χ2v) is 9.01. The molecule has 0 bridgehead atoms. The number of hydrogen-bond donors (Lipinski definition) is 0. The molecule has 0 heterocycles. The van der Waals surface area contributed by atoms with E-state index in [1.807, 2.05) is 18.2 Å². The molecule has 1 aliphatic carbocycles. The van der Waals surface area contributed by atoms with E-state index in [4.69, 9.17) is 0 Å². The van der Waals surface area contributed by atoms with Crippen LogP contribution in [0.4, 0.5) is 0 Å². The monoisotopic (exact) mass is 394 g/mol. The molecule has 1 heteroatoms. The number of allylic oxidation sites excluding steroid dienone is 2. The summed E-state index contributed by atoms with van der Waals surface area (Å²) in [5, 5.41) is 0. The summed E-state index contributed by atoms with van der Waals surface area (Å²) in [6.07, 6.45) is 6.44. The molecule has 0 amide bonds. The van der Waals surface area contributed by atoms with Gasteiger partial charge >= 0.3 is 0 Å². The van der Waals surface area contributed by atoms with Crippen molar-refractivity contribution in [1.82, 2.24) is 0 Å². The van der Waals surface area contributed by atoms with Crippen LogP contribution in [-0.2, 0) is 6.42 Å². The largest absolute Gasteiger partial charge is 0.289 e. The van der Waals surface area contributed by atoms with Gasteiger partial charge in [-0.25, -0.2) is 0 Å². The summed E-state index contributed by atoms with van der Waals surface area (Å²) in [5.74, 6) is 0.202. The van der Waals surface area contributed by atoms with E-state index in [0.717, 1.165) is 24.0 Å². The van der Waals surface area contributed by atoms with Crippen LogP contribution in [0.3, 0.4) is 0 Å². The topological polar surface area (TPSA) is 17.1 Å². The van der Waals surface area contributed by atoms with Crippen LogP contribution in [0, 0.1) is 5.41 Å². The molecule has 0 atom stereocenters. The third-order valence-electron chi connectivity index (χ3n) is 6.12. The average Bonchev–Trinajstić information content (AvgIpc) is 3.08. The number of hydrogen-bond acceptors (Lipinski definition) is 1. The Hall–Kier alpha value is -2.93. The molecule has 0 saturated carbocycles. The predicted molar refractivity (Wildman–Crippen MR) is 127 cm³/mol. The van der Waals surface area contributed by atoms with Gasteiger partial charge in [0.05, 0.1) is 0 Å². The summed E-state index contributed by atoms with van der Waals surface area (Å²) < 4.78 is 0. The molecule has 0 aliphatic heterocycles. The molecule has 4 rings (SSSR count). The third kappa shape index (κ3) is 4.03. The van der Waals surface area contributed by atoms with Crippen LogP contribution in [0.15, 0.2) is 84.4 Å². The van der Waals surface area contributed by atoms with Crippen LogP contribution in [0.25, 0.3) is 22.3 Å². The van der Waals surface area contributed by atoms with Crippen LogP contribution in [0.1, 0.15) is 56.0 Å². The Morgan fingerprint density at radius 2 is 1.43 bits per heavy atom. The maximum atomic E-state index is 13.2. The Morgan fingerprint density at radius 3 is 2.17 bits per heavy atom. The molecule has 0 radical (unpaired) electrons. The maximum Gasteiger partial charge on any atom is 0.189 e. The summed E-state index contributed by atoms with van der Waals surface area (Å²) in [7, 11) is 0. The van der Waals surface area contributed by atoms with Crippen molar-refractivity contribution in [2.75, 3.05) is 0 Å². The predicted octanol–water partition coefficient (Wildman–Crippen LogP) is 7.90. The highest BCUT2D eigenvalue weighted by molar-refractivity contribution is 6.14. The normalized spacial score (nSPS) is 14.9. The number of unbranched alkanes of at least 4 members (excludes halogenated alkanes) is 1. The van der Waals surface area contributed by atoms with Gasteiger partial charge in [0, 0.05) is 17.6 Å². The SMILES string of the molecule is CCCCC(C)(C)/C=C1/Cc2c(cccc2-c2ccccc2-c2ccccc2)C1=O. The molecule has 3 aromatic carbocycles. The van der Waals surface area contributed by atoms with E-state index in [9.17, 15) is 4.79 Å². The van der Waals surface area contributed by atoms with E-state index < -0.39 is 0 Å². The fourth-order valence-corrected chi connectivity index (χ4v) is 4.57. The third-order valence-corrected chi connectivity index (χ3v) is 6.12. The standard InChI is InChI=1S/C29H30O/c1-4-5-18-29(2,3)20-22-19-27-25(16-11-17-26(27)28(22)30)24-15-10-9-14-23(24)21-12-7-6-8-13-21/h6-17,20H,4-5,18-19H2,1-3H3/b22-20-. The van der Waals surface area contributed by atoms with E-state index in [2.05, 4.69) is 81.4 Å². The Bertz CT molecular complexity index is 1090. The van der Waals surface area contributed by atoms with Gasteiger partial charge in [0.15, 0.2) is 5.78 Å². The van der Waals surface area contributed by atoms with E-state index >= 15 is 0 Å². The Labute approximate surface area is 180 Å². The van der Waals surface area contributed by atoms with Crippen molar-refractivity contribution in [2.45, 2.75) is 46.5 Å². The average molecular weight is 395 g/mol. The first-order chi connectivity index (χ1) is 14.5. The molecule has 30 heavy (non-hydrogen) atoms. The Kier molecular flexibility index (Phi) is 5.72. The molecule has 0 saturated heterocycles. The van der Waals surface area contributed by atoms with Gasteiger partial charge in [0.2, 0.25) is 0 Å². The number of benzene rings is 3. The summed E-state index contributed by atoms with van der Waals surface area (Å²) in [4.78, 5) is 13.2. The highest BCUT2D eigenvalue weighted by Crippen LogP contribution is 2.40. The summed E-state index contributed by atoms with van der Waals surface area (Å²) in [5.41, 5.74) is 7.82. The van der Waals surface area contributed by atoms with E-state index in [-0.39, 0.29) is 11.2 Å². The van der Waals surface area contributed by atoms with Crippen molar-refractivity contribution in [3.63, 3.8) is 0 Å². The maximum absolute atomic E-state index is 13.2. The summed E-state index contributed by atoms with van der Waals surface area (Å²) in [6.45, 7) is 6.71. The molecular formula is C29H30O. The molecule has 0 fully saturated rings. The van der Waals surface area contributed by atoms with E-state index in [0.29, 0.717) is 0 Å². The quantitative estimate of drug-likeness (QED) is 0.388. The van der Waals surface area contributed by atoms with Crippen molar-refractivity contribution in [3.8, 4) is 22.3 Å². The van der Waals surface area contributed by atoms with Gasteiger partial charge in [0.25, 0.3) is 0 Å². The smallest absolute Gasteiger partial charge is 0.189 e. The molecule has 1 aliphatic rings. The minimum Gasteiger partial charge on any atom is -0.289 e. The highest BCUT2D eigenvalue weighted by atomic mass is 16.1. The van der Waals surface area contributed by atoms with Crippen molar-refractivity contribution in [2.24, 2.45) is 5.41 Å². The fourth-order valence-electron chi connectivity index (χ4n) is 4.57. The number of rotatable bonds is 6. The second kappa shape index (κ2) is 8.44. The van der Waals surface area contributed by atoms with Crippen molar-refractivity contribution >= 4 is 5.78 Å². The zero-order valence-electron chi connectivity index (χ0n) is 18.2. The van der Waals surface area contributed by atoms with Gasteiger partial charge in [-0.05, 0) is 39.7 Å². The second-order valence-electron chi connectivity index (χ2n) is 9.01. The molecule has 0 N–H and O–H groups in total. The van der Waals surface area contributed by atoms with Gasteiger partial charge < -0.3 is 0 Å². The minimum absolute atomic E-state index is 0.0468. The lowest BCUT2D eigenvalue weighted by Gasteiger charge is -2.20. The lowest BCUT2D eigenvalue weighted by atomic mass is 9.84. The van der Waals surface area contributed by atoms with Gasteiger partial charge in [-0.15, -0.1) is 0 Å². The van der Waals surface area contributed by atoms with Crippen LogP contribution < -0.4 is 0 Å². The molecule has 0 spiro atoms. The summed E-state index contributed by atoms with van der Waals surface area (Å²) in [6, 6.07) is 25.2.